The normalized spacial score (nSPS) is 16.7. The molecule has 1 saturated heterocycles. The van der Waals surface area contributed by atoms with E-state index in [-0.39, 0.29) is 17.5 Å². The Balaban J connectivity index is 1.62. The van der Waals surface area contributed by atoms with E-state index in [9.17, 15) is 14.7 Å². The lowest BCUT2D eigenvalue weighted by molar-refractivity contribution is -0.114. The summed E-state index contributed by atoms with van der Waals surface area (Å²) in [4.78, 5) is 30.1. The van der Waals surface area contributed by atoms with Gasteiger partial charge < -0.3 is 29.8 Å². The first-order chi connectivity index (χ1) is 18.4. The van der Waals surface area contributed by atoms with Crippen LogP contribution in [0.5, 0.6) is 5.75 Å². The molecule has 0 spiro atoms. The minimum atomic E-state index is -1.04. The van der Waals surface area contributed by atoms with Gasteiger partial charge in [-0.05, 0) is 60.7 Å². The number of benzene rings is 2. The van der Waals surface area contributed by atoms with Gasteiger partial charge in [0.2, 0.25) is 5.91 Å². The van der Waals surface area contributed by atoms with Crippen LogP contribution in [0.15, 0.2) is 83.4 Å². The van der Waals surface area contributed by atoms with Crippen molar-refractivity contribution in [3.63, 3.8) is 0 Å². The molecule has 3 heterocycles. The average Bonchev–Trinajstić information content (AvgIpc) is 3.53. The van der Waals surface area contributed by atoms with Gasteiger partial charge >= 0.3 is 5.97 Å². The number of hydrogen-bond acceptors (Lipinski definition) is 6. The molecule has 0 bridgehead atoms. The predicted molar refractivity (Wildman–Crippen MR) is 146 cm³/mol. The summed E-state index contributed by atoms with van der Waals surface area (Å²) in [5.41, 5.74) is 2.55. The lowest BCUT2D eigenvalue weighted by Gasteiger charge is -2.27. The fraction of sp³-hybridized carbons (Fsp3) is 0.143. The summed E-state index contributed by atoms with van der Waals surface area (Å²) in [6.07, 6.45) is 1.71. The van der Waals surface area contributed by atoms with Crippen LogP contribution in [0, 0.1) is 0 Å². The third-order valence-electron chi connectivity index (χ3n) is 6.21. The zero-order valence-corrected chi connectivity index (χ0v) is 21.4. The number of carboxylic acid groups (broad SMARTS) is 1. The number of carbonyl (C=O) groups is 2. The lowest BCUT2D eigenvalue weighted by atomic mass is 10.0. The summed E-state index contributed by atoms with van der Waals surface area (Å²) in [6.45, 7) is 1.42. The summed E-state index contributed by atoms with van der Waals surface area (Å²) in [5.74, 6) is 0.201. The Morgan fingerprint density at radius 3 is 2.61 bits per heavy atom. The number of nitrogens with one attached hydrogen (secondary N) is 2. The van der Waals surface area contributed by atoms with Crippen LogP contribution in [-0.4, -0.2) is 34.2 Å². The van der Waals surface area contributed by atoms with Gasteiger partial charge in [0.25, 0.3) is 0 Å². The number of pyridine rings is 1. The highest BCUT2D eigenvalue weighted by Gasteiger charge is 2.43. The molecule has 5 rings (SSSR count). The molecule has 1 aliphatic rings. The highest BCUT2D eigenvalue weighted by atomic mass is 32.1. The molecule has 1 fully saturated rings. The number of anilines is 2. The van der Waals surface area contributed by atoms with Gasteiger partial charge in [-0.3, -0.25) is 9.78 Å². The van der Waals surface area contributed by atoms with E-state index in [1.807, 2.05) is 35.2 Å². The van der Waals surface area contributed by atoms with Crippen molar-refractivity contribution in [2.45, 2.75) is 19.0 Å². The third-order valence-corrected chi connectivity index (χ3v) is 6.53. The van der Waals surface area contributed by atoms with E-state index in [0.717, 1.165) is 5.69 Å². The van der Waals surface area contributed by atoms with Crippen molar-refractivity contribution in [3.8, 4) is 17.1 Å². The molecule has 9 nitrogen and oxygen atoms in total. The van der Waals surface area contributed by atoms with Crippen molar-refractivity contribution in [2.75, 3.05) is 17.3 Å². The Bertz CT molecular complexity index is 1520. The molecule has 2 atom stereocenters. The van der Waals surface area contributed by atoms with Gasteiger partial charge in [-0.1, -0.05) is 24.3 Å². The predicted octanol–water partition coefficient (Wildman–Crippen LogP) is 5.18. The minimum absolute atomic E-state index is 0.140. The van der Waals surface area contributed by atoms with Gasteiger partial charge in [-0.2, -0.15) is 0 Å². The molecule has 0 aliphatic carbocycles. The number of aromatic nitrogens is 1. The topological polar surface area (TPSA) is 117 Å². The van der Waals surface area contributed by atoms with Crippen molar-refractivity contribution in [1.29, 1.82) is 0 Å². The summed E-state index contributed by atoms with van der Waals surface area (Å²) < 4.78 is 11.7. The van der Waals surface area contributed by atoms with Crippen molar-refractivity contribution in [2.24, 2.45) is 0 Å². The molecule has 0 saturated carbocycles. The van der Waals surface area contributed by atoms with Crippen molar-refractivity contribution in [3.05, 3.63) is 96.0 Å². The van der Waals surface area contributed by atoms with Crippen LogP contribution in [0.2, 0.25) is 0 Å². The Labute approximate surface area is 224 Å². The molecule has 192 valence electrons. The first-order valence-electron chi connectivity index (χ1n) is 11.8. The maximum Gasteiger partial charge on any atom is 0.336 e. The largest absolute Gasteiger partial charge is 0.495 e. The molecule has 3 N–H and O–H groups in total. The van der Waals surface area contributed by atoms with Crippen LogP contribution in [0.3, 0.4) is 0 Å². The standard InChI is InChI=1S/C28H24N4O5S/c1-16(33)30-21-15-17(10-11-23(21)36-2)32-26(25(31-28(32)38)20-9-5-6-14-29-20)24-13-12-22(37-24)18-7-3-4-8-19(18)27(34)35/h3-15,25-26H,1-2H3,(H,30,33)(H,31,38)(H,34,35). The maximum atomic E-state index is 11.8. The van der Waals surface area contributed by atoms with Gasteiger partial charge in [0.15, 0.2) is 5.11 Å². The molecule has 2 unspecified atom stereocenters. The molecule has 0 radical (unpaired) electrons. The minimum Gasteiger partial charge on any atom is -0.495 e. The number of nitrogens with zero attached hydrogens (tertiary/aromatic N) is 2. The highest BCUT2D eigenvalue weighted by molar-refractivity contribution is 7.80. The van der Waals surface area contributed by atoms with Gasteiger partial charge in [0, 0.05) is 24.4 Å². The van der Waals surface area contributed by atoms with E-state index in [1.54, 1.807) is 42.6 Å². The second-order valence-corrected chi connectivity index (χ2v) is 9.00. The van der Waals surface area contributed by atoms with Gasteiger partial charge in [0.05, 0.1) is 30.1 Å². The van der Waals surface area contributed by atoms with Crippen LogP contribution in [0.4, 0.5) is 11.4 Å². The monoisotopic (exact) mass is 528 g/mol. The first kappa shape index (κ1) is 25.0. The Kier molecular flexibility index (Phi) is 6.80. The average molecular weight is 529 g/mol. The zero-order chi connectivity index (χ0) is 26.8. The molecule has 2 aromatic carbocycles. The number of aromatic carboxylic acids is 1. The number of ether oxygens (including phenoxy) is 1. The van der Waals surface area contributed by atoms with Crippen molar-refractivity contribution < 1.29 is 23.8 Å². The van der Waals surface area contributed by atoms with Crippen LogP contribution < -0.4 is 20.3 Å². The van der Waals surface area contributed by atoms with Gasteiger partial charge in [-0.25, -0.2) is 4.79 Å². The number of carboxylic acids is 1. The number of amides is 1. The zero-order valence-electron chi connectivity index (χ0n) is 20.5. The second kappa shape index (κ2) is 10.3. The van der Waals surface area contributed by atoms with E-state index >= 15 is 0 Å². The van der Waals surface area contributed by atoms with Crippen molar-refractivity contribution >= 4 is 40.6 Å². The Morgan fingerprint density at radius 1 is 1.11 bits per heavy atom. The van der Waals surface area contributed by atoms with Gasteiger partial charge in [0.1, 0.15) is 23.3 Å². The van der Waals surface area contributed by atoms with Crippen LogP contribution in [-0.2, 0) is 4.79 Å². The molecule has 1 amide bonds. The van der Waals surface area contributed by atoms with Gasteiger partial charge in [-0.15, -0.1) is 0 Å². The molecule has 4 aromatic rings. The molecule has 10 heteroatoms. The van der Waals surface area contributed by atoms with Crippen molar-refractivity contribution in [1.82, 2.24) is 10.3 Å². The van der Waals surface area contributed by atoms with E-state index in [4.69, 9.17) is 21.4 Å². The number of furan rings is 1. The lowest BCUT2D eigenvalue weighted by Crippen LogP contribution is -2.29. The fourth-order valence-corrected chi connectivity index (χ4v) is 4.94. The number of thiocarbonyl (C=S) groups is 1. The van der Waals surface area contributed by atoms with E-state index in [0.29, 0.717) is 39.3 Å². The third kappa shape index (κ3) is 4.69. The first-order valence-corrected chi connectivity index (χ1v) is 12.2. The Morgan fingerprint density at radius 2 is 1.89 bits per heavy atom. The molecule has 1 aliphatic heterocycles. The molecular formula is C28H24N4O5S. The Hall–Kier alpha value is -4.70. The number of rotatable bonds is 7. The summed E-state index contributed by atoms with van der Waals surface area (Å²) in [5, 5.41) is 16.3. The highest BCUT2D eigenvalue weighted by Crippen LogP contribution is 2.44. The number of carbonyl (C=O) groups excluding carboxylic acids is 1. The van der Waals surface area contributed by atoms with Crippen LogP contribution in [0.25, 0.3) is 11.3 Å². The summed E-state index contributed by atoms with van der Waals surface area (Å²) in [6, 6.07) is 20.4. The fourth-order valence-electron chi connectivity index (χ4n) is 4.60. The van der Waals surface area contributed by atoms with Crippen LogP contribution in [0.1, 0.15) is 40.8 Å². The molecular weight excluding hydrogens is 504 g/mol. The SMILES string of the molecule is COc1ccc(N2C(=S)NC(c3ccccn3)C2c2ccc(-c3ccccc3C(=O)O)o2)cc1NC(C)=O. The maximum absolute atomic E-state index is 11.8. The molecule has 2 aromatic heterocycles. The van der Waals surface area contributed by atoms with E-state index in [1.165, 1.54) is 20.1 Å². The number of methoxy groups -OCH3 is 1. The summed E-state index contributed by atoms with van der Waals surface area (Å²) >= 11 is 5.77. The van der Waals surface area contributed by atoms with Crippen LogP contribution >= 0.6 is 12.2 Å². The number of hydrogen-bond donors (Lipinski definition) is 3. The smallest absolute Gasteiger partial charge is 0.336 e. The summed E-state index contributed by atoms with van der Waals surface area (Å²) in [7, 11) is 1.53. The quantitative estimate of drug-likeness (QED) is 0.279. The van der Waals surface area contributed by atoms with E-state index < -0.39 is 12.0 Å². The molecule has 38 heavy (non-hydrogen) atoms. The second-order valence-electron chi connectivity index (χ2n) is 8.62. The van der Waals surface area contributed by atoms with E-state index in [2.05, 4.69) is 15.6 Å².